The van der Waals surface area contributed by atoms with Crippen molar-refractivity contribution < 1.29 is 30.5 Å². The van der Waals surface area contributed by atoms with Crippen molar-refractivity contribution >= 4 is 37.3 Å². The van der Waals surface area contributed by atoms with Gasteiger partial charge in [-0.1, -0.05) is 5.73 Å². The van der Waals surface area contributed by atoms with Gasteiger partial charge in [-0.2, -0.15) is 21.4 Å². The van der Waals surface area contributed by atoms with Crippen molar-refractivity contribution in [3.05, 3.63) is 65.6 Å². The molecule has 4 rings (SSSR count). The molecule has 4 heterocycles. The predicted molar refractivity (Wildman–Crippen MR) is 145 cm³/mol. The smallest absolute Gasteiger partial charge is 0.265 e. The van der Waals surface area contributed by atoms with Crippen LogP contribution in [0.3, 0.4) is 0 Å². The number of hydrogen-bond donors (Lipinski definition) is 2. The van der Waals surface area contributed by atoms with Crippen LogP contribution in [-0.2, 0) is 31.1 Å². The maximum absolute atomic E-state index is 11.4. The average Bonchev–Trinajstić information content (AvgIpc) is 3.15. The molecular weight excluding hydrogens is 528 g/mol. The van der Waals surface area contributed by atoms with Crippen LogP contribution in [-0.4, -0.2) is 70.8 Å². The number of anilines is 1. The second-order valence-electron chi connectivity index (χ2n) is 10.6. The van der Waals surface area contributed by atoms with Gasteiger partial charge < -0.3 is 4.90 Å². The molecule has 0 radical (unpaired) electrons. The van der Waals surface area contributed by atoms with Gasteiger partial charge in [0.25, 0.3) is 20.2 Å². The van der Waals surface area contributed by atoms with Crippen LogP contribution >= 0.6 is 0 Å². The van der Waals surface area contributed by atoms with E-state index in [1.54, 1.807) is 12.4 Å². The second kappa shape index (κ2) is 10.0. The Hall–Kier alpha value is -2.89. The van der Waals surface area contributed by atoms with E-state index in [9.17, 15) is 25.9 Å². The number of nitrogens with zero attached hydrogens (tertiary/aromatic N) is 4. The maximum atomic E-state index is 11.4. The molecule has 0 unspecified atom stereocenters. The fourth-order valence-corrected chi connectivity index (χ4v) is 6.28. The van der Waals surface area contributed by atoms with Crippen molar-refractivity contribution in [3.63, 3.8) is 0 Å². The maximum Gasteiger partial charge on any atom is 0.265 e. The predicted octanol–water partition coefficient (Wildman–Crippen LogP) is 3.25. The molecule has 2 N–H and O–H groups in total. The summed E-state index contributed by atoms with van der Waals surface area (Å²) in [4.78, 5) is 11.2. The van der Waals surface area contributed by atoms with Gasteiger partial charge in [0.1, 0.15) is 5.69 Å². The first-order chi connectivity index (χ1) is 17.6. The molecule has 0 aromatic carbocycles. The van der Waals surface area contributed by atoms with E-state index in [1.807, 2.05) is 67.5 Å². The Morgan fingerprint density at radius 2 is 1.53 bits per heavy atom. The van der Waals surface area contributed by atoms with E-state index >= 15 is 0 Å². The third-order valence-corrected chi connectivity index (χ3v) is 8.65. The van der Waals surface area contributed by atoms with E-state index in [0.717, 1.165) is 34.2 Å². The van der Waals surface area contributed by atoms with Crippen molar-refractivity contribution in [3.8, 4) is 0 Å². The summed E-state index contributed by atoms with van der Waals surface area (Å²) in [5.74, 6) is -0.712. The Balaban J connectivity index is 1.82. The van der Waals surface area contributed by atoms with Gasteiger partial charge in [0.2, 0.25) is 11.4 Å². The first-order valence-corrected chi connectivity index (χ1v) is 15.6. The zero-order valence-corrected chi connectivity index (χ0v) is 23.5. The molecule has 38 heavy (non-hydrogen) atoms. The number of hydrogen-bond acceptors (Lipinski definition) is 7. The largest absolute Gasteiger partial charge is 0.336 e. The van der Waals surface area contributed by atoms with Gasteiger partial charge in [-0.15, -0.1) is 0 Å². The van der Waals surface area contributed by atoms with Gasteiger partial charge in [-0.25, -0.2) is 0 Å². The van der Waals surface area contributed by atoms with E-state index in [2.05, 4.69) is 15.7 Å². The van der Waals surface area contributed by atoms with Gasteiger partial charge in [-0.05, 0) is 52.3 Å². The summed E-state index contributed by atoms with van der Waals surface area (Å²) in [6, 6.07) is 7.52. The summed E-state index contributed by atoms with van der Waals surface area (Å²) in [5, 5.41) is 0. The summed E-state index contributed by atoms with van der Waals surface area (Å²) in [5.41, 5.74) is 7.52. The molecule has 2 aliphatic heterocycles. The molecule has 0 bridgehead atoms. The van der Waals surface area contributed by atoms with Crippen LogP contribution in [0.4, 0.5) is 11.4 Å². The Morgan fingerprint density at radius 3 is 2.18 bits per heavy atom. The average molecular weight is 562 g/mol. The Morgan fingerprint density at radius 1 is 0.921 bits per heavy atom. The van der Waals surface area contributed by atoms with Gasteiger partial charge in [0.05, 0.1) is 45.5 Å². The highest BCUT2D eigenvalue weighted by atomic mass is 32.2. The molecular formula is C26H33N4O6S2+. The van der Waals surface area contributed by atoms with Crippen LogP contribution in [0.15, 0.2) is 54.2 Å². The van der Waals surface area contributed by atoms with Crippen LogP contribution in [0.2, 0.25) is 0 Å². The lowest BCUT2D eigenvalue weighted by Crippen LogP contribution is -2.30. The zero-order valence-electron chi connectivity index (χ0n) is 21.9. The fourth-order valence-electron chi connectivity index (χ4n) is 5.29. The first-order valence-electron chi connectivity index (χ1n) is 12.3. The van der Waals surface area contributed by atoms with Gasteiger partial charge in [0, 0.05) is 31.4 Å². The molecule has 0 amide bonds. The van der Waals surface area contributed by atoms with Crippen LogP contribution in [0, 0.1) is 0 Å². The molecule has 0 saturated carbocycles. The third-order valence-electron chi connectivity index (χ3n) is 7.05. The van der Waals surface area contributed by atoms with Crippen molar-refractivity contribution in [2.45, 2.75) is 51.4 Å². The van der Waals surface area contributed by atoms with E-state index in [4.69, 9.17) is 0 Å². The molecule has 204 valence electrons. The third kappa shape index (κ3) is 5.60. The van der Waals surface area contributed by atoms with Crippen molar-refractivity contribution in [2.75, 3.05) is 29.5 Å². The molecule has 0 spiro atoms. The summed E-state index contributed by atoms with van der Waals surface area (Å²) in [7, 11) is -8.19. The van der Waals surface area contributed by atoms with Gasteiger partial charge in [0.15, 0.2) is 6.54 Å². The Kier molecular flexibility index (Phi) is 7.41. The van der Waals surface area contributed by atoms with Crippen LogP contribution < -0.4 is 4.90 Å². The molecule has 2 aromatic heterocycles. The highest BCUT2D eigenvalue weighted by Crippen LogP contribution is 2.46. The molecule has 2 aromatic rings. The minimum atomic E-state index is -4.10. The highest BCUT2D eigenvalue weighted by Gasteiger charge is 2.46. The summed E-state index contributed by atoms with van der Waals surface area (Å²) in [6.07, 6.45) is 5.76. The highest BCUT2D eigenvalue weighted by molar-refractivity contribution is 7.86. The van der Waals surface area contributed by atoms with Crippen molar-refractivity contribution in [1.29, 1.82) is 0 Å². The number of pyridine rings is 2. The number of allylic oxidation sites excluding steroid dienone is 1. The van der Waals surface area contributed by atoms with E-state index < -0.39 is 31.1 Å². The lowest BCUT2D eigenvalue weighted by atomic mass is 9.84. The van der Waals surface area contributed by atoms with E-state index in [1.165, 1.54) is 0 Å². The lowest BCUT2D eigenvalue weighted by Gasteiger charge is -2.24. The first kappa shape index (κ1) is 28.1. The molecule has 12 heteroatoms. The van der Waals surface area contributed by atoms with Crippen LogP contribution in [0.5, 0.6) is 0 Å². The molecule has 0 aliphatic carbocycles. The Labute approximate surface area is 223 Å². The molecule has 0 saturated heterocycles. The van der Waals surface area contributed by atoms with Crippen LogP contribution in [0.1, 0.15) is 51.9 Å². The van der Waals surface area contributed by atoms with E-state index in [0.29, 0.717) is 13.1 Å². The molecule has 0 fully saturated rings. The van der Waals surface area contributed by atoms with Crippen molar-refractivity contribution in [1.82, 2.24) is 9.97 Å². The summed E-state index contributed by atoms with van der Waals surface area (Å²) < 4.78 is 65.9. The molecule has 10 nitrogen and oxygen atoms in total. The standard InChI is InChI=1S/C26H32N4O6S2/c1-25(2)21(29(15-7-17-37(31,32)33)19-9-5-13-27-23(19)25)11-12-22-26(3,4)24-20(10-6-14-28-24)30(22)16-8-18-38(34,35)36/h5-6,9-11,13-14H,7-8,15-18H2,1-4H3,(H-,31,32,33,34,35,36)/p+1. The number of rotatable bonds is 9. The number of aromatic nitrogens is 2. The second-order valence-corrected chi connectivity index (χ2v) is 13.7. The minimum Gasteiger partial charge on any atom is -0.336 e. The fraction of sp³-hybridized carbons (Fsp3) is 0.462. The Bertz CT molecular complexity index is 1570. The number of fused-ring (bicyclic) bond motifs is 2. The monoisotopic (exact) mass is 561 g/mol. The van der Waals surface area contributed by atoms with E-state index in [-0.39, 0.29) is 24.3 Å². The molecule has 0 atom stereocenters. The van der Waals surface area contributed by atoms with Gasteiger partial charge >= 0.3 is 0 Å². The van der Waals surface area contributed by atoms with Crippen molar-refractivity contribution in [2.24, 2.45) is 0 Å². The van der Waals surface area contributed by atoms with Gasteiger partial charge in [-0.3, -0.25) is 19.1 Å². The SMILES string of the molecule is CC1(C)C(=C=CC2=[N+](CCCS(=O)(=O)O)c3cccnc3C2(C)C)N(CCCS(=O)(=O)O)c2cccnc21. The van der Waals surface area contributed by atoms with Crippen LogP contribution in [0.25, 0.3) is 0 Å². The lowest BCUT2D eigenvalue weighted by molar-refractivity contribution is -0.437. The quantitative estimate of drug-likeness (QED) is 0.268. The summed E-state index contributed by atoms with van der Waals surface area (Å²) in [6.45, 7) is 8.84. The zero-order chi connectivity index (χ0) is 27.9. The minimum absolute atomic E-state index is 0.216. The normalized spacial score (nSPS) is 17.8. The topological polar surface area (TPSA) is 141 Å². The summed E-state index contributed by atoms with van der Waals surface area (Å²) >= 11 is 0. The molecule has 2 aliphatic rings.